The first-order chi connectivity index (χ1) is 10.8. The summed E-state index contributed by atoms with van der Waals surface area (Å²) in [7, 11) is 0. The van der Waals surface area contributed by atoms with Crippen LogP contribution in [0.3, 0.4) is 0 Å². The normalized spacial score (nSPS) is 11.7. The molecule has 0 aromatic heterocycles. The van der Waals surface area contributed by atoms with E-state index < -0.39 is 17.0 Å². The summed E-state index contributed by atoms with van der Waals surface area (Å²) in [6.07, 6.45) is -1.07. The molecular weight excluding hydrogens is 298 g/mol. The van der Waals surface area contributed by atoms with Crippen molar-refractivity contribution in [1.29, 1.82) is 0 Å². The Kier molecular flexibility index (Phi) is 4.95. The first-order valence-electron chi connectivity index (χ1n) is 7.06. The van der Waals surface area contributed by atoms with Crippen LogP contribution < -0.4 is 4.74 Å². The number of carboxylic acids is 1. The highest BCUT2D eigenvalue weighted by Crippen LogP contribution is 2.20. The minimum absolute atomic E-state index is 0.0456. The average Bonchev–Trinajstić information content (AvgIpc) is 2.45. The minimum Gasteiger partial charge on any atom is -0.478 e. The minimum atomic E-state index is -1.12. The summed E-state index contributed by atoms with van der Waals surface area (Å²) in [5, 5.41) is 20.2. The molecule has 6 heteroatoms. The number of carbonyl (C=O) groups is 1. The van der Waals surface area contributed by atoms with Crippen molar-refractivity contribution in [2.75, 3.05) is 0 Å². The van der Waals surface area contributed by atoms with Gasteiger partial charge in [0.1, 0.15) is 5.75 Å². The van der Waals surface area contributed by atoms with Gasteiger partial charge in [-0.1, -0.05) is 18.2 Å². The largest absolute Gasteiger partial charge is 0.478 e. The number of aryl methyl sites for hydroxylation is 2. The van der Waals surface area contributed by atoms with Crippen LogP contribution in [0.25, 0.3) is 0 Å². The van der Waals surface area contributed by atoms with E-state index in [1.165, 1.54) is 18.2 Å². The lowest BCUT2D eigenvalue weighted by atomic mass is 10.1. The molecule has 0 heterocycles. The number of nitrogens with zero attached hydrogens (tertiary/aromatic N) is 1. The van der Waals surface area contributed by atoms with Gasteiger partial charge in [0, 0.05) is 18.6 Å². The van der Waals surface area contributed by atoms with Gasteiger partial charge in [0.25, 0.3) is 5.69 Å². The molecule has 0 aliphatic heterocycles. The quantitative estimate of drug-likeness (QED) is 0.652. The molecule has 0 aliphatic rings. The van der Waals surface area contributed by atoms with Crippen molar-refractivity contribution in [1.82, 2.24) is 0 Å². The van der Waals surface area contributed by atoms with Crippen LogP contribution in [0, 0.1) is 24.0 Å². The van der Waals surface area contributed by atoms with Crippen molar-refractivity contribution in [2.45, 2.75) is 26.4 Å². The number of carboxylic acid groups (broad SMARTS) is 1. The predicted octanol–water partition coefficient (Wildman–Crippen LogP) is 3.29. The van der Waals surface area contributed by atoms with Crippen LogP contribution in [-0.4, -0.2) is 22.1 Å². The van der Waals surface area contributed by atoms with Crippen LogP contribution in [0.1, 0.15) is 16.7 Å². The smallest absolute Gasteiger partial charge is 0.345 e. The predicted molar refractivity (Wildman–Crippen MR) is 84.8 cm³/mol. The summed E-state index contributed by atoms with van der Waals surface area (Å²) in [4.78, 5) is 21.7. The first kappa shape index (κ1) is 16.5. The topological polar surface area (TPSA) is 89.7 Å². The summed E-state index contributed by atoms with van der Waals surface area (Å²) in [5.41, 5.74) is 2.41. The summed E-state index contributed by atoms with van der Waals surface area (Å²) in [6, 6.07) is 11.4. The van der Waals surface area contributed by atoms with Crippen LogP contribution >= 0.6 is 0 Å². The highest BCUT2D eigenvalue weighted by molar-refractivity contribution is 5.73. The van der Waals surface area contributed by atoms with Crippen molar-refractivity contribution in [3.63, 3.8) is 0 Å². The maximum Gasteiger partial charge on any atom is 0.345 e. The molecule has 120 valence electrons. The second kappa shape index (κ2) is 6.91. The lowest BCUT2D eigenvalue weighted by Gasteiger charge is -2.16. The zero-order valence-corrected chi connectivity index (χ0v) is 12.9. The Morgan fingerprint density at radius 2 is 1.87 bits per heavy atom. The molecule has 6 nitrogen and oxygen atoms in total. The lowest BCUT2D eigenvalue weighted by molar-refractivity contribution is -0.384. The molecule has 2 aromatic carbocycles. The third-order valence-corrected chi connectivity index (χ3v) is 3.29. The zero-order chi connectivity index (χ0) is 17.0. The number of hydrogen-bond acceptors (Lipinski definition) is 4. The van der Waals surface area contributed by atoms with Crippen LogP contribution in [-0.2, 0) is 11.2 Å². The van der Waals surface area contributed by atoms with Crippen molar-refractivity contribution < 1.29 is 19.6 Å². The van der Waals surface area contributed by atoms with Crippen molar-refractivity contribution >= 4 is 11.7 Å². The van der Waals surface area contributed by atoms with E-state index >= 15 is 0 Å². The van der Waals surface area contributed by atoms with E-state index in [-0.39, 0.29) is 12.1 Å². The van der Waals surface area contributed by atoms with Gasteiger partial charge in [-0.2, -0.15) is 0 Å². The van der Waals surface area contributed by atoms with Crippen LogP contribution in [0.2, 0.25) is 0 Å². The van der Waals surface area contributed by atoms with E-state index in [0.29, 0.717) is 11.3 Å². The standard InChI is InChI=1S/C17H17NO5/c1-11-6-12(2)8-15(7-11)23-16(17(19)20)10-13-4-3-5-14(9-13)18(21)22/h3-9,16H,10H2,1-2H3,(H,19,20)/t16-/m1/s1. The van der Waals surface area contributed by atoms with Gasteiger partial charge < -0.3 is 9.84 Å². The number of benzene rings is 2. The van der Waals surface area contributed by atoms with Gasteiger partial charge in [-0.3, -0.25) is 10.1 Å². The third kappa shape index (κ3) is 4.54. The molecule has 1 atom stereocenters. The number of aliphatic carboxylic acids is 1. The molecule has 23 heavy (non-hydrogen) atoms. The molecule has 0 fully saturated rings. The Labute approximate surface area is 133 Å². The third-order valence-electron chi connectivity index (χ3n) is 3.29. The van der Waals surface area contributed by atoms with E-state index in [2.05, 4.69) is 0 Å². The highest BCUT2D eigenvalue weighted by atomic mass is 16.6. The van der Waals surface area contributed by atoms with Crippen molar-refractivity contribution in [3.05, 3.63) is 69.3 Å². The number of nitro groups is 1. The lowest BCUT2D eigenvalue weighted by Crippen LogP contribution is -2.29. The van der Waals surface area contributed by atoms with E-state index in [9.17, 15) is 20.0 Å². The SMILES string of the molecule is Cc1cc(C)cc(O[C@H](Cc2cccc([N+](=O)[O-])c2)C(=O)O)c1. The Morgan fingerprint density at radius 1 is 1.22 bits per heavy atom. The summed E-state index contributed by atoms with van der Waals surface area (Å²) in [5.74, 6) is -0.643. The molecule has 0 unspecified atom stereocenters. The molecule has 0 radical (unpaired) electrons. The van der Waals surface area contributed by atoms with Crippen LogP contribution in [0.15, 0.2) is 42.5 Å². The second-order valence-electron chi connectivity index (χ2n) is 5.40. The van der Waals surface area contributed by atoms with Gasteiger partial charge in [-0.15, -0.1) is 0 Å². The summed E-state index contributed by atoms with van der Waals surface area (Å²) >= 11 is 0. The highest BCUT2D eigenvalue weighted by Gasteiger charge is 2.21. The maximum atomic E-state index is 11.4. The van der Waals surface area contributed by atoms with Crippen molar-refractivity contribution in [3.8, 4) is 5.75 Å². The number of non-ortho nitro benzene ring substituents is 1. The van der Waals surface area contributed by atoms with E-state index in [4.69, 9.17) is 4.74 Å². The number of hydrogen-bond donors (Lipinski definition) is 1. The molecule has 0 saturated heterocycles. The van der Waals surface area contributed by atoms with Gasteiger partial charge in [-0.25, -0.2) is 4.79 Å². The fourth-order valence-corrected chi connectivity index (χ4v) is 2.36. The molecule has 1 N–H and O–H groups in total. The van der Waals surface area contributed by atoms with Crippen molar-refractivity contribution in [2.24, 2.45) is 0 Å². The van der Waals surface area contributed by atoms with Crippen LogP contribution in [0.4, 0.5) is 5.69 Å². The van der Waals surface area contributed by atoms with Gasteiger partial charge in [0.15, 0.2) is 6.10 Å². The summed E-state index contributed by atoms with van der Waals surface area (Å²) in [6.45, 7) is 3.80. The van der Waals surface area contributed by atoms with Gasteiger partial charge in [0.2, 0.25) is 0 Å². The molecule has 2 aromatic rings. The van der Waals surface area contributed by atoms with Gasteiger partial charge in [-0.05, 0) is 42.7 Å². The second-order valence-corrected chi connectivity index (χ2v) is 5.40. The Bertz CT molecular complexity index is 721. The molecule has 0 aliphatic carbocycles. The molecule has 0 amide bonds. The Morgan fingerprint density at radius 3 is 2.43 bits per heavy atom. The number of nitro benzene ring substituents is 1. The van der Waals surface area contributed by atoms with E-state index in [1.54, 1.807) is 18.2 Å². The average molecular weight is 315 g/mol. The fourth-order valence-electron chi connectivity index (χ4n) is 2.36. The monoisotopic (exact) mass is 315 g/mol. The Balaban J connectivity index is 2.20. The molecular formula is C17H17NO5. The van der Waals surface area contributed by atoms with Crippen LogP contribution in [0.5, 0.6) is 5.75 Å². The van der Waals surface area contributed by atoms with E-state index in [1.807, 2.05) is 19.9 Å². The number of ether oxygens (including phenoxy) is 1. The van der Waals surface area contributed by atoms with Gasteiger partial charge >= 0.3 is 5.97 Å². The zero-order valence-electron chi connectivity index (χ0n) is 12.9. The van der Waals surface area contributed by atoms with E-state index in [0.717, 1.165) is 11.1 Å². The molecule has 0 spiro atoms. The number of rotatable bonds is 6. The molecule has 2 rings (SSSR count). The fraction of sp³-hybridized carbons (Fsp3) is 0.235. The first-order valence-corrected chi connectivity index (χ1v) is 7.06. The Hall–Kier alpha value is -2.89. The maximum absolute atomic E-state index is 11.4. The molecule has 0 bridgehead atoms. The summed E-state index contributed by atoms with van der Waals surface area (Å²) < 4.78 is 5.57. The molecule has 0 saturated carbocycles. The van der Waals surface area contributed by atoms with Gasteiger partial charge in [0.05, 0.1) is 4.92 Å².